The van der Waals surface area contributed by atoms with Gasteiger partial charge in [-0.1, -0.05) is 74.4 Å². The Kier molecular flexibility index (Phi) is 9.17. The lowest BCUT2D eigenvalue weighted by molar-refractivity contribution is -0.118. The zero-order chi connectivity index (χ0) is 20.2. The smallest absolute Gasteiger partial charge is 0.235 e. The molecule has 0 saturated heterocycles. The van der Waals surface area contributed by atoms with Crippen molar-refractivity contribution in [3.05, 3.63) is 71.3 Å². The van der Waals surface area contributed by atoms with Crippen LogP contribution in [0.3, 0.4) is 0 Å². The summed E-state index contributed by atoms with van der Waals surface area (Å²) in [6.07, 6.45) is 2.42. The second-order valence-electron chi connectivity index (χ2n) is 6.87. The first-order valence-electron chi connectivity index (χ1n) is 9.65. The third kappa shape index (κ3) is 8.67. The SMILES string of the molecule is CCCCCS(=O)(=O)CC(=O)NCc1cccc(COCc2ccccc2)c1. The molecule has 152 valence electrons. The molecule has 5 nitrogen and oxygen atoms in total. The van der Waals surface area contributed by atoms with Gasteiger partial charge in [0.15, 0.2) is 9.84 Å². The van der Waals surface area contributed by atoms with Gasteiger partial charge in [0.2, 0.25) is 5.91 Å². The molecule has 0 saturated carbocycles. The summed E-state index contributed by atoms with van der Waals surface area (Å²) in [6.45, 7) is 3.33. The fourth-order valence-electron chi connectivity index (χ4n) is 2.79. The number of sulfone groups is 1. The van der Waals surface area contributed by atoms with E-state index >= 15 is 0 Å². The number of rotatable bonds is 12. The second-order valence-corrected chi connectivity index (χ2v) is 9.06. The van der Waals surface area contributed by atoms with Crippen molar-refractivity contribution in [3.8, 4) is 0 Å². The van der Waals surface area contributed by atoms with Crippen molar-refractivity contribution in [1.82, 2.24) is 5.32 Å². The van der Waals surface area contributed by atoms with Crippen LogP contribution in [0.1, 0.15) is 42.9 Å². The Morgan fingerprint density at radius 1 is 0.929 bits per heavy atom. The lowest BCUT2D eigenvalue weighted by atomic mass is 10.1. The number of carbonyl (C=O) groups excluding carboxylic acids is 1. The molecule has 0 heterocycles. The van der Waals surface area contributed by atoms with Gasteiger partial charge < -0.3 is 10.1 Å². The van der Waals surface area contributed by atoms with Gasteiger partial charge in [-0.25, -0.2) is 8.42 Å². The van der Waals surface area contributed by atoms with Crippen LogP contribution in [0.25, 0.3) is 0 Å². The summed E-state index contributed by atoms with van der Waals surface area (Å²) in [5.74, 6) is -0.832. The van der Waals surface area contributed by atoms with E-state index in [4.69, 9.17) is 4.74 Å². The van der Waals surface area contributed by atoms with Gasteiger partial charge in [0.1, 0.15) is 5.75 Å². The minimum absolute atomic E-state index is 0.0719. The molecule has 0 bridgehead atoms. The minimum atomic E-state index is -3.34. The Labute approximate surface area is 168 Å². The molecule has 2 aromatic rings. The lowest BCUT2D eigenvalue weighted by Gasteiger charge is -2.09. The molecule has 0 aromatic heterocycles. The topological polar surface area (TPSA) is 72.5 Å². The molecule has 0 radical (unpaired) electrons. The van der Waals surface area contributed by atoms with Crippen LogP contribution in [0.4, 0.5) is 0 Å². The molecule has 1 amide bonds. The summed E-state index contributed by atoms with van der Waals surface area (Å²) >= 11 is 0. The number of amides is 1. The Balaban J connectivity index is 1.76. The van der Waals surface area contributed by atoms with Gasteiger partial charge in [0, 0.05) is 6.54 Å². The fourth-order valence-corrected chi connectivity index (χ4v) is 4.08. The first-order chi connectivity index (χ1) is 13.5. The number of hydrogen-bond donors (Lipinski definition) is 1. The van der Waals surface area contributed by atoms with Gasteiger partial charge in [0.25, 0.3) is 0 Å². The van der Waals surface area contributed by atoms with E-state index in [0.29, 0.717) is 26.2 Å². The zero-order valence-electron chi connectivity index (χ0n) is 16.4. The number of hydrogen-bond acceptors (Lipinski definition) is 4. The molecule has 2 aromatic carbocycles. The Hall–Kier alpha value is -2.18. The molecular weight excluding hydrogens is 374 g/mol. The predicted octanol–water partition coefficient (Wildman–Crippen LogP) is 3.62. The van der Waals surface area contributed by atoms with Crippen LogP contribution in [0.5, 0.6) is 0 Å². The Morgan fingerprint density at radius 2 is 1.61 bits per heavy atom. The summed E-state index contributed by atoms with van der Waals surface area (Å²) in [7, 11) is -3.34. The zero-order valence-corrected chi connectivity index (χ0v) is 17.2. The van der Waals surface area contributed by atoms with E-state index in [1.807, 2.05) is 61.5 Å². The van der Waals surface area contributed by atoms with Gasteiger partial charge in [-0.15, -0.1) is 0 Å². The second kappa shape index (κ2) is 11.6. The summed E-state index contributed by atoms with van der Waals surface area (Å²) < 4.78 is 29.6. The Bertz CT molecular complexity index is 835. The van der Waals surface area contributed by atoms with Crippen molar-refractivity contribution in [2.75, 3.05) is 11.5 Å². The molecule has 0 aliphatic heterocycles. The van der Waals surface area contributed by atoms with Crippen LogP contribution in [-0.4, -0.2) is 25.8 Å². The highest BCUT2D eigenvalue weighted by molar-refractivity contribution is 7.92. The highest BCUT2D eigenvalue weighted by atomic mass is 32.2. The number of ether oxygens (including phenoxy) is 1. The van der Waals surface area contributed by atoms with Crippen LogP contribution >= 0.6 is 0 Å². The van der Waals surface area contributed by atoms with E-state index in [-0.39, 0.29) is 5.75 Å². The highest BCUT2D eigenvalue weighted by Gasteiger charge is 2.15. The molecule has 28 heavy (non-hydrogen) atoms. The van der Waals surface area contributed by atoms with Crippen molar-refractivity contribution in [2.24, 2.45) is 0 Å². The quantitative estimate of drug-likeness (QED) is 0.549. The molecule has 2 rings (SSSR count). The van der Waals surface area contributed by atoms with E-state index in [2.05, 4.69) is 5.32 Å². The number of unbranched alkanes of at least 4 members (excludes halogenated alkanes) is 2. The van der Waals surface area contributed by atoms with Crippen molar-refractivity contribution < 1.29 is 17.9 Å². The predicted molar refractivity (Wildman–Crippen MR) is 111 cm³/mol. The van der Waals surface area contributed by atoms with Gasteiger partial charge in [-0.05, 0) is 23.1 Å². The van der Waals surface area contributed by atoms with Gasteiger partial charge in [-0.2, -0.15) is 0 Å². The van der Waals surface area contributed by atoms with Crippen molar-refractivity contribution >= 4 is 15.7 Å². The maximum absolute atomic E-state index is 12.0. The third-order valence-corrected chi connectivity index (χ3v) is 5.88. The molecule has 0 spiro atoms. The summed E-state index contributed by atoms with van der Waals surface area (Å²) in [6, 6.07) is 17.7. The van der Waals surface area contributed by atoms with Crippen molar-refractivity contribution in [3.63, 3.8) is 0 Å². The molecule has 0 aliphatic carbocycles. The van der Waals surface area contributed by atoms with Crippen molar-refractivity contribution in [2.45, 2.75) is 45.9 Å². The molecule has 0 unspecified atom stereocenters. The van der Waals surface area contributed by atoms with E-state index in [9.17, 15) is 13.2 Å². The number of carbonyl (C=O) groups is 1. The summed E-state index contributed by atoms with van der Waals surface area (Å²) in [4.78, 5) is 12.0. The van der Waals surface area contributed by atoms with Gasteiger partial charge >= 0.3 is 0 Å². The van der Waals surface area contributed by atoms with E-state index in [1.54, 1.807) is 0 Å². The summed E-state index contributed by atoms with van der Waals surface area (Å²) in [5.41, 5.74) is 3.04. The first-order valence-corrected chi connectivity index (χ1v) is 11.5. The standard InChI is InChI=1S/C22H29NO4S/c1-2-3-7-13-28(25,26)18-22(24)23-15-20-11-8-12-21(14-20)17-27-16-19-9-5-4-6-10-19/h4-6,8-12,14H,2-3,7,13,15-18H2,1H3,(H,23,24). The largest absolute Gasteiger partial charge is 0.372 e. The average Bonchev–Trinajstić information content (AvgIpc) is 2.67. The van der Waals surface area contributed by atoms with Crippen LogP contribution in [0.15, 0.2) is 54.6 Å². The molecule has 0 atom stereocenters. The molecule has 0 aliphatic rings. The van der Waals surface area contributed by atoms with E-state index in [1.165, 1.54) is 0 Å². The van der Waals surface area contributed by atoms with Crippen molar-refractivity contribution in [1.29, 1.82) is 0 Å². The minimum Gasteiger partial charge on any atom is -0.372 e. The molecule has 1 N–H and O–H groups in total. The Morgan fingerprint density at radius 3 is 2.36 bits per heavy atom. The fraction of sp³-hybridized carbons (Fsp3) is 0.409. The summed E-state index contributed by atoms with van der Waals surface area (Å²) in [5, 5.41) is 2.70. The van der Waals surface area contributed by atoms with Crippen LogP contribution < -0.4 is 5.32 Å². The van der Waals surface area contributed by atoms with E-state index < -0.39 is 21.5 Å². The maximum atomic E-state index is 12.0. The monoisotopic (exact) mass is 403 g/mol. The highest BCUT2D eigenvalue weighted by Crippen LogP contribution is 2.09. The van der Waals surface area contributed by atoms with Crippen LogP contribution in [0, 0.1) is 0 Å². The van der Waals surface area contributed by atoms with Crippen LogP contribution in [0.2, 0.25) is 0 Å². The molecule has 0 fully saturated rings. The number of nitrogens with one attached hydrogen (secondary N) is 1. The third-order valence-electron chi connectivity index (χ3n) is 4.27. The molecular formula is C22H29NO4S. The normalized spacial score (nSPS) is 11.3. The molecule has 6 heteroatoms. The maximum Gasteiger partial charge on any atom is 0.235 e. The van der Waals surface area contributed by atoms with Crippen LogP contribution in [-0.2, 0) is 39.1 Å². The lowest BCUT2D eigenvalue weighted by Crippen LogP contribution is -2.31. The van der Waals surface area contributed by atoms with Gasteiger partial charge in [-0.3, -0.25) is 4.79 Å². The number of benzene rings is 2. The average molecular weight is 404 g/mol. The van der Waals surface area contributed by atoms with Gasteiger partial charge in [0.05, 0.1) is 19.0 Å². The van der Waals surface area contributed by atoms with E-state index in [0.717, 1.165) is 29.5 Å². The first kappa shape index (κ1) is 22.1.